The SMILES string of the molecule is COc1ccc(N=C2NN(c3ccc(Cl)cc3)C(=O)C[Se]2)cc1. The Balaban J connectivity index is 1.80. The summed E-state index contributed by atoms with van der Waals surface area (Å²) in [6.45, 7) is 0. The van der Waals surface area contributed by atoms with Gasteiger partial charge in [-0.3, -0.25) is 0 Å². The number of amidine groups is 1. The fourth-order valence-electron chi connectivity index (χ4n) is 2.01. The Kier molecular flexibility index (Phi) is 4.86. The molecule has 1 N–H and O–H groups in total. The number of carbonyl (C=O) groups excluding carboxylic acids is 1. The number of nitrogens with zero attached hydrogens (tertiary/aromatic N) is 2. The Morgan fingerprint density at radius 3 is 2.52 bits per heavy atom. The van der Waals surface area contributed by atoms with Gasteiger partial charge in [-0.1, -0.05) is 0 Å². The van der Waals surface area contributed by atoms with E-state index in [2.05, 4.69) is 10.4 Å². The standard InChI is InChI=1S/C16H14ClN3O2Se/c1-22-14-8-4-12(5-9-14)18-16-19-20(15(21)10-23-16)13-6-2-11(17)3-7-13/h2-9H,10H2,1H3,(H,18,19). The van der Waals surface area contributed by atoms with E-state index in [0.717, 1.165) is 21.9 Å². The first-order chi connectivity index (χ1) is 11.2. The molecule has 2 aromatic carbocycles. The molecule has 0 bridgehead atoms. The van der Waals surface area contributed by atoms with Crippen LogP contribution >= 0.6 is 11.6 Å². The van der Waals surface area contributed by atoms with Gasteiger partial charge in [-0.05, 0) is 0 Å². The van der Waals surface area contributed by atoms with Crippen LogP contribution < -0.4 is 15.2 Å². The molecule has 0 radical (unpaired) electrons. The van der Waals surface area contributed by atoms with Crippen LogP contribution in [0.25, 0.3) is 0 Å². The van der Waals surface area contributed by atoms with Gasteiger partial charge in [-0.15, -0.1) is 0 Å². The Morgan fingerprint density at radius 2 is 1.87 bits per heavy atom. The van der Waals surface area contributed by atoms with E-state index in [1.807, 2.05) is 24.3 Å². The number of benzene rings is 2. The summed E-state index contributed by atoms with van der Waals surface area (Å²) in [6.07, 6.45) is 0. The van der Waals surface area contributed by atoms with Gasteiger partial charge in [0.1, 0.15) is 0 Å². The summed E-state index contributed by atoms with van der Waals surface area (Å²) in [5, 5.41) is 2.62. The molecular formula is C16H14ClN3O2Se. The van der Waals surface area contributed by atoms with E-state index in [9.17, 15) is 4.79 Å². The summed E-state index contributed by atoms with van der Waals surface area (Å²) in [7, 11) is 1.63. The second-order valence-corrected chi connectivity index (χ2v) is 7.18. The fraction of sp³-hybridized carbons (Fsp3) is 0.125. The normalized spacial score (nSPS) is 16.3. The number of rotatable bonds is 3. The molecule has 1 aliphatic rings. The number of hydrogen-bond donors (Lipinski definition) is 1. The van der Waals surface area contributed by atoms with Crippen molar-refractivity contribution in [2.24, 2.45) is 4.99 Å². The van der Waals surface area contributed by atoms with Crippen molar-refractivity contribution in [3.05, 3.63) is 53.6 Å². The van der Waals surface area contributed by atoms with Gasteiger partial charge < -0.3 is 0 Å². The monoisotopic (exact) mass is 395 g/mol. The molecule has 0 saturated carbocycles. The summed E-state index contributed by atoms with van der Waals surface area (Å²) in [5.41, 5.74) is 4.67. The van der Waals surface area contributed by atoms with Crippen LogP contribution in [-0.4, -0.2) is 32.7 Å². The molecule has 0 aromatic heterocycles. The van der Waals surface area contributed by atoms with E-state index in [0.29, 0.717) is 10.3 Å². The van der Waals surface area contributed by atoms with Gasteiger partial charge in [0.25, 0.3) is 0 Å². The van der Waals surface area contributed by atoms with Gasteiger partial charge in [0.2, 0.25) is 0 Å². The van der Waals surface area contributed by atoms with Crippen molar-refractivity contribution in [3.63, 3.8) is 0 Å². The zero-order chi connectivity index (χ0) is 16.2. The first-order valence-electron chi connectivity index (χ1n) is 6.86. The molecule has 0 atom stereocenters. The number of amides is 1. The molecule has 0 spiro atoms. The number of hydrogen-bond acceptors (Lipinski definition) is 3. The van der Waals surface area contributed by atoms with Gasteiger partial charge in [0, 0.05) is 0 Å². The van der Waals surface area contributed by atoms with E-state index in [1.165, 1.54) is 5.01 Å². The van der Waals surface area contributed by atoms with Crippen LogP contribution in [0.3, 0.4) is 0 Å². The van der Waals surface area contributed by atoms with Crippen molar-refractivity contribution in [1.29, 1.82) is 0 Å². The third kappa shape index (κ3) is 3.85. The van der Waals surface area contributed by atoms with E-state index in [-0.39, 0.29) is 20.9 Å². The molecule has 1 aliphatic heterocycles. The van der Waals surface area contributed by atoms with Gasteiger partial charge in [-0.2, -0.15) is 0 Å². The van der Waals surface area contributed by atoms with Crippen molar-refractivity contribution < 1.29 is 9.53 Å². The summed E-state index contributed by atoms with van der Waals surface area (Å²) in [4.78, 5) is 16.7. The number of methoxy groups -OCH3 is 1. The summed E-state index contributed by atoms with van der Waals surface area (Å²) >= 11 is 5.88. The molecule has 1 saturated heterocycles. The van der Waals surface area contributed by atoms with Gasteiger partial charge in [-0.25, -0.2) is 0 Å². The molecular weight excluding hydrogens is 381 g/mol. The quantitative estimate of drug-likeness (QED) is 0.814. The number of anilines is 1. The van der Waals surface area contributed by atoms with E-state index >= 15 is 0 Å². The third-order valence-electron chi connectivity index (χ3n) is 3.18. The first kappa shape index (κ1) is 15.9. The van der Waals surface area contributed by atoms with Crippen LogP contribution in [0.1, 0.15) is 0 Å². The van der Waals surface area contributed by atoms with Crippen molar-refractivity contribution in [1.82, 2.24) is 5.43 Å². The zero-order valence-electron chi connectivity index (χ0n) is 12.3. The number of ether oxygens (including phenoxy) is 1. The molecule has 23 heavy (non-hydrogen) atoms. The van der Waals surface area contributed by atoms with Crippen LogP contribution in [0.5, 0.6) is 5.75 Å². The molecule has 5 nitrogen and oxygen atoms in total. The maximum atomic E-state index is 12.1. The molecule has 1 amide bonds. The average Bonchev–Trinajstić information content (AvgIpc) is 2.58. The Hall–Kier alpha value is -2.01. The van der Waals surface area contributed by atoms with Crippen LogP contribution in [-0.2, 0) is 4.79 Å². The Morgan fingerprint density at radius 1 is 1.17 bits per heavy atom. The van der Waals surface area contributed by atoms with Gasteiger partial charge >= 0.3 is 145 Å². The summed E-state index contributed by atoms with van der Waals surface area (Å²) in [5.74, 6) is 0.815. The minimum absolute atomic E-state index is 0.0140. The van der Waals surface area contributed by atoms with Crippen molar-refractivity contribution in [2.75, 3.05) is 12.1 Å². The summed E-state index contributed by atoms with van der Waals surface area (Å²) in [6, 6.07) is 14.6. The number of halogens is 1. The van der Waals surface area contributed by atoms with Crippen LogP contribution in [0.15, 0.2) is 53.5 Å². The molecule has 1 heterocycles. The molecule has 7 heteroatoms. The molecule has 0 unspecified atom stereocenters. The third-order valence-corrected chi connectivity index (χ3v) is 5.21. The molecule has 2 aromatic rings. The van der Waals surface area contributed by atoms with E-state index in [1.54, 1.807) is 31.4 Å². The summed E-state index contributed by atoms with van der Waals surface area (Å²) < 4.78 is 5.94. The number of nitrogens with one attached hydrogen (secondary N) is 1. The van der Waals surface area contributed by atoms with Crippen LogP contribution in [0.2, 0.25) is 10.3 Å². The van der Waals surface area contributed by atoms with Gasteiger partial charge in [0.15, 0.2) is 0 Å². The molecule has 118 valence electrons. The molecule has 3 rings (SSSR count). The first-order valence-corrected chi connectivity index (χ1v) is 9.31. The van der Waals surface area contributed by atoms with Crippen molar-refractivity contribution >= 4 is 48.6 Å². The molecule has 0 aliphatic carbocycles. The van der Waals surface area contributed by atoms with Crippen molar-refractivity contribution in [2.45, 2.75) is 5.32 Å². The predicted molar refractivity (Wildman–Crippen MR) is 92.7 cm³/mol. The van der Waals surface area contributed by atoms with Gasteiger partial charge in [0.05, 0.1) is 0 Å². The topological polar surface area (TPSA) is 53.9 Å². The second-order valence-electron chi connectivity index (χ2n) is 4.72. The Labute approximate surface area is 145 Å². The zero-order valence-corrected chi connectivity index (χ0v) is 14.8. The Bertz CT molecular complexity index is 732. The average molecular weight is 395 g/mol. The predicted octanol–water partition coefficient (Wildman–Crippen LogP) is 3.01. The van der Waals surface area contributed by atoms with E-state index < -0.39 is 0 Å². The van der Waals surface area contributed by atoms with E-state index in [4.69, 9.17) is 16.3 Å². The fourth-order valence-corrected chi connectivity index (χ4v) is 3.64. The number of hydrazine groups is 1. The minimum atomic E-state index is -0.0140. The van der Waals surface area contributed by atoms with Crippen LogP contribution in [0, 0.1) is 0 Å². The number of aliphatic imine (C=N–C) groups is 1. The van der Waals surface area contributed by atoms with Crippen LogP contribution in [0.4, 0.5) is 11.4 Å². The second kappa shape index (κ2) is 7.04. The van der Waals surface area contributed by atoms with Crippen molar-refractivity contribution in [3.8, 4) is 5.75 Å². The molecule has 1 fully saturated rings. The maximum absolute atomic E-state index is 12.1. The number of carbonyl (C=O) groups is 1.